The van der Waals surface area contributed by atoms with Gasteiger partial charge in [0.05, 0.1) is 62.8 Å². The number of alkyl carbamates (subject to hydrolysis) is 1. The van der Waals surface area contributed by atoms with E-state index in [-0.39, 0.29) is 48.0 Å². The van der Waals surface area contributed by atoms with Crippen LogP contribution < -0.4 is 40.6 Å². The number of fused-ring (bicyclic) bond motifs is 1. The van der Waals surface area contributed by atoms with Crippen molar-refractivity contribution >= 4 is 35.2 Å². The van der Waals surface area contributed by atoms with Crippen LogP contribution >= 0.6 is 0 Å². The molecular weight excluding hydrogens is 944 g/mol. The van der Waals surface area contributed by atoms with Crippen LogP contribution in [-0.2, 0) is 17.3 Å². The molecule has 22 heteroatoms. The monoisotopic (exact) mass is 1000 g/mol. The number of hydrogen-bond acceptors (Lipinski definition) is 14. The molecule has 3 aromatic carbocycles. The van der Waals surface area contributed by atoms with Gasteiger partial charge < -0.3 is 54.8 Å². The SMILES string of the molecule is COc1ccc(-c2cnoc2-c2cc(OC)c(OC)c(OC)c2)cc1NC(=O)N1CCN(CCNC(=O)O[C@H]2CC[C@H](Nc3cc(-n4nc(C(F)(F)F)c5c4CC(C)(C)CC5=O)ccc3C(N)=O)CC2)CC1. The summed E-state index contributed by atoms with van der Waals surface area (Å²) in [6.45, 7) is 6.55. The van der Waals surface area contributed by atoms with Crippen LogP contribution in [0.25, 0.3) is 28.1 Å². The lowest BCUT2D eigenvalue weighted by molar-refractivity contribution is -0.141. The number of ketones is 1. The van der Waals surface area contributed by atoms with Crippen molar-refractivity contribution in [1.29, 1.82) is 0 Å². The standard InChI is InChI=1S/C50H58F3N9O10/c1-49(2)25-37-42(38(63)26-49)45(50(51,52)53)59-62(37)31-10-13-33(46(54)64)35(24-31)57-30-8-11-32(12-9-30)71-48(66)55-15-16-60-17-19-61(20-18-60)47(65)58-36-21-28(7-14-39(36)67-3)34-27-56-72-43(34)29-22-40(68-4)44(70-6)41(23-29)69-5/h7,10,13-14,21-24,27,30,32,57H,8-9,11-12,15-20,25-26H2,1-6H3,(H2,54,64)(H,55,66)(H,58,65)/t30-,32-. The average molecular weight is 1000 g/mol. The van der Waals surface area contributed by atoms with Gasteiger partial charge in [0.25, 0.3) is 5.91 Å². The topological polar surface area (TPSA) is 227 Å². The minimum absolute atomic E-state index is 0.0372. The number of halogens is 3. The highest BCUT2D eigenvalue weighted by atomic mass is 19.4. The van der Waals surface area contributed by atoms with Crippen LogP contribution in [0.4, 0.5) is 34.1 Å². The Bertz CT molecular complexity index is 2810. The van der Waals surface area contributed by atoms with Gasteiger partial charge in [-0.1, -0.05) is 25.1 Å². The van der Waals surface area contributed by atoms with E-state index < -0.39 is 40.6 Å². The zero-order valence-corrected chi connectivity index (χ0v) is 40.9. The highest BCUT2D eigenvalue weighted by Gasteiger charge is 2.45. The maximum Gasteiger partial charge on any atom is 0.435 e. The van der Waals surface area contributed by atoms with Gasteiger partial charge in [-0.05, 0) is 85.5 Å². The van der Waals surface area contributed by atoms with Gasteiger partial charge in [-0.15, -0.1) is 0 Å². The lowest BCUT2D eigenvalue weighted by Crippen LogP contribution is -2.51. The van der Waals surface area contributed by atoms with Gasteiger partial charge in [0.1, 0.15) is 11.9 Å². The van der Waals surface area contributed by atoms with Crippen LogP contribution in [0.3, 0.4) is 0 Å². The normalized spacial score (nSPS) is 17.9. The number of primary amides is 1. The molecule has 1 saturated carbocycles. The summed E-state index contributed by atoms with van der Waals surface area (Å²) in [6, 6.07) is 12.9. The molecule has 8 rings (SSSR count). The Balaban J connectivity index is 0.801. The van der Waals surface area contributed by atoms with Crippen LogP contribution in [0.5, 0.6) is 23.0 Å². The van der Waals surface area contributed by atoms with Gasteiger partial charge in [0.2, 0.25) is 5.75 Å². The second kappa shape index (κ2) is 21.1. The molecule has 1 saturated heterocycles. The predicted octanol–water partition coefficient (Wildman–Crippen LogP) is 7.80. The lowest BCUT2D eigenvalue weighted by atomic mass is 9.75. The van der Waals surface area contributed by atoms with Crippen molar-refractivity contribution in [3.63, 3.8) is 0 Å². The van der Waals surface area contributed by atoms with Crippen LogP contribution in [0.2, 0.25) is 0 Å². The quantitative estimate of drug-likeness (QED) is 0.0785. The number of anilines is 2. The first-order valence-electron chi connectivity index (χ1n) is 23.5. The van der Waals surface area contributed by atoms with Crippen LogP contribution in [0.15, 0.2) is 59.3 Å². The second-order valence-corrected chi connectivity index (χ2v) is 18.7. The Morgan fingerprint density at radius 2 is 1.54 bits per heavy atom. The number of hydrogen-bond donors (Lipinski definition) is 4. The van der Waals surface area contributed by atoms with Gasteiger partial charge in [0, 0.05) is 68.5 Å². The first-order chi connectivity index (χ1) is 34.4. The Kier molecular flexibility index (Phi) is 14.9. The van der Waals surface area contributed by atoms with Crippen molar-refractivity contribution < 1.29 is 60.6 Å². The third kappa shape index (κ3) is 11.0. The van der Waals surface area contributed by atoms with E-state index in [9.17, 15) is 32.3 Å². The van der Waals surface area contributed by atoms with Crippen LogP contribution in [0, 0.1) is 5.41 Å². The van der Waals surface area contributed by atoms with E-state index in [4.69, 9.17) is 33.9 Å². The molecule has 5 N–H and O–H groups in total. The smallest absolute Gasteiger partial charge is 0.435 e. The number of aromatic nitrogens is 3. The van der Waals surface area contributed by atoms with Gasteiger partial charge in [-0.2, -0.15) is 18.3 Å². The number of alkyl halides is 3. The first kappa shape index (κ1) is 50.9. The number of piperazine rings is 1. The van der Waals surface area contributed by atoms with Crippen LogP contribution in [-0.4, -0.2) is 128 Å². The van der Waals surface area contributed by atoms with E-state index in [2.05, 4.69) is 31.1 Å². The van der Waals surface area contributed by atoms with E-state index in [1.807, 2.05) is 19.9 Å². The number of nitrogens with one attached hydrogen (secondary N) is 3. The van der Waals surface area contributed by atoms with E-state index in [1.165, 1.54) is 46.6 Å². The first-order valence-corrected chi connectivity index (χ1v) is 23.5. The van der Waals surface area contributed by atoms with E-state index >= 15 is 0 Å². The fourth-order valence-corrected chi connectivity index (χ4v) is 9.62. The average Bonchev–Trinajstić information content (AvgIpc) is 4.00. The maximum atomic E-state index is 14.1. The Labute approximate surface area is 413 Å². The number of carbonyl (C=O) groups is 4. The molecule has 384 valence electrons. The predicted molar refractivity (Wildman–Crippen MR) is 258 cm³/mol. The summed E-state index contributed by atoms with van der Waals surface area (Å²) in [5.74, 6) is 0.891. The number of methoxy groups -OCH3 is 4. The molecule has 0 atom stereocenters. The highest BCUT2D eigenvalue weighted by Crippen LogP contribution is 2.45. The number of urea groups is 1. The molecule has 3 heterocycles. The molecule has 19 nitrogen and oxygen atoms in total. The molecule has 2 aliphatic carbocycles. The largest absolute Gasteiger partial charge is 0.495 e. The van der Waals surface area contributed by atoms with E-state index in [0.717, 1.165) is 4.68 Å². The Morgan fingerprint density at radius 1 is 0.847 bits per heavy atom. The lowest BCUT2D eigenvalue weighted by Gasteiger charge is -2.34. The van der Waals surface area contributed by atoms with Crippen molar-refractivity contribution in [1.82, 2.24) is 30.1 Å². The molecule has 2 fully saturated rings. The summed E-state index contributed by atoms with van der Waals surface area (Å²) in [5.41, 5.74) is 6.81. The van der Waals surface area contributed by atoms with E-state index in [0.29, 0.717) is 122 Å². The molecule has 0 spiro atoms. The fraction of sp³-hybridized carbons (Fsp3) is 0.440. The number of Topliss-reactive ketones (excluding diaryl/α,β-unsaturated/α-hetero) is 1. The summed E-state index contributed by atoms with van der Waals surface area (Å²) < 4.78 is 77.1. The number of benzene rings is 3. The number of ether oxygens (including phenoxy) is 5. The molecule has 3 aliphatic rings. The minimum atomic E-state index is -4.84. The molecule has 5 aromatic rings. The molecule has 0 radical (unpaired) electrons. The van der Waals surface area contributed by atoms with Gasteiger partial charge in [-0.3, -0.25) is 14.5 Å². The molecule has 0 bridgehead atoms. The Hall–Kier alpha value is -7.49. The third-order valence-corrected chi connectivity index (χ3v) is 13.2. The van der Waals surface area contributed by atoms with Crippen molar-refractivity contribution in [2.45, 2.75) is 70.7 Å². The Morgan fingerprint density at radius 3 is 2.18 bits per heavy atom. The second-order valence-electron chi connectivity index (χ2n) is 18.7. The number of nitrogens with zero attached hydrogens (tertiary/aromatic N) is 5. The molecule has 2 aromatic heterocycles. The summed E-state index contributed by atoms with van der Waals surface area (Å²) in [6.07, 6.45) is -1.84. The van der Waals surface area contributed by atoms with Crippen molar-refractivity contribution in [2.75, 3.05) is 78.3 Å². The number of nitrogens with two attached hydrogens (primary N) is 1. The summed E-state index contributed by atoms with van der Waals surface area (Å²) in [4.78, 5) is 55.8. The molecular formula is C50H58F3N9O10. The summed E-state index contributed by atoms with van der Waals surface area (Å²) >= 11 is 0. The number of rotatable bonds is 15. The molecule has 0 unspecified atom stereocenters. The van der Waals surface area contributed by atoms with Gasteiger partial charge >= 0.3 is 18.3 Å². The van der Waals surface area contributed by atoms with Crippen molar-refractivity contribution in [2.24, 2.45) is 11.1 Å². The van der Waals surface area contributed by atoms with Crippen molar-refractivity contribution in [3.05, 3.63) is 77.2 Å². The third-order valence-electron chi connectivity index (χ3n) is 13.2. The molecule has 4 amide bonds. The molecule has 1 aliphatic heterocycles. The van der Waals surface area contributed by atoms with Crippen LogP contribution in [0.1, 0.15) is 78.1 Å². The van der Waals surface area contributed by atoms with Gasteiger partial charge in [0.15, 0.2) is 28.7 Å². The van der Waals surface area contributed by atoms with Gasteiger partial charge in [-0.25, -0.2) is 14.3 Å². The zero-order chi connectivity index (χ0) is 51.5. The van der Waals surface area contributed by atoms with Crippen molar-refractivity contribution in [3.8, 4) is 51.1 Å². The number of amides is 4. The summed E-state index contributed by atoms with van der Waals surface area (Å²) in [5, 5.41) is 17.1. The minimum Gasteiger partial charge on any atom is -0.495 e. The van der Waals surface area contributed by atoms with E-state index in [1.54, 1.807) is 35.4 Å². The fourth-order valence-electron chi connectivity index (χ4n) is 9.62. The maximum absolute atomic E-state index is 14.1. The summed E-state index contributed by atoms with van der Waals surface area (Å²) in [7, 11) is 6.10. The zero-order valence-electron chi connectivity index (χ0n) is 40.9. The number of carbonyl (C=O) groups excluding carboxylic acids is 4. The highest BCUT2D eigenvalue weighted by molar-refractivity contribution is 6.01. The molecule has 72 heavy (non-hydrogen) atoms.